The molecule has 102 valence electrons. The summed E-state index contributed by atoms with van der Waals surface area (Å²) in [6.07, 6.45) is 8.00. The van der Waals surface area contributed by atoms with Gasteiger partial charge in [-0.05, 0) is 31.9 Å². The van der Waals surface area contributed by atoms with Gasteiger partial charge in [0.2, 0.25) is 0 Å². The van der Waals surface area contributed by atoms with Crippen LogP contribution in [-0.4, -0.2) is 46.1 Å². The molecule has 1 aromatic heterocycles. The van der Waals surface area contributed by atoms with Crippen molar-refractivity contribution in [1.29, 1.82) is 0 Å². The van der Waals surface area contributed by atoms with Gasteiger partial charge in [-0.25, -0.2) is 4.79 Å². The maximum absolute atomic E-state index is 11.2. The van der Waals surface area contributed by atoms with E-state index in [-0.39, 0.29) is 0 Å². The van der Waals surface area contributed by atoms with Crippen molar-refractivity contribution in [2.45, 2.75) is 37.8 Å². The van der Waals surface area contributed by atoms with Crippen LogP contribution in [-0.2, 0) is 0 Å². The van der Waals surface area contributed by atoms with Crippen LogP contribution >= 0.6 is 0 Å². The molecule has 3 heterocycles. The smallest absolute Gasteiger partial charge is 0.337 e. The van der Waals surface area contributed by atoms with E-state index in [2.05, 4.69) is 15.2 Å². The van der Waals surface area contributed by atoms with E-state index in [1.165, 1.54) is 32.0 Å². The third-order valence-corrected chi connectivity index (χ3v) is 4.25. The summed E-state index contributed by atoms with van der Waals surface area (Å²) in [5.41, 5.74) is 0.955. The number of aromatic nitrogens is 1. The van der Waals surface area contributed by atoms with Crippen molar-refractivity contribution >= 4 is 11.7 Å². The first kappa shape index (κ1) is 12.4. The lowest BCUT2D eigenvalue weighted by Gasteiger charge is -2.33. The van der Waals surface area contributed by atoms with Gasteiger partial charge in [0.25, 0.3) is 0 Å². The van der Waals surface area contributed by atoms with E-state index in [0.717, 1.165) is 13.0 Å². The van der Waals surface area contributed by atoms with E-state index in [9.17, 15) is 9.90 Å². The summed E-state index contributed by atoms with van der Waals surface area (Å²) in [6.45, 7) is 2.30. The Hall–Kier alpha value is -1.62. The van der Waals surface area contributed by atoms with Gasteiger partial charge in [-0.3, -0.25) is 9.88 Å². The van der Waals surface area contributed by atoms with Gasteiger partial charge in [-0.1, -0.05) is 6.42 Å². The third kappa shape index (κ3) is 2.42. The van der Waals surface area contributed by atoms with Crippen molar-refractivity contribution in [3.05, 3.63) is 24.0 Å². The van der Waals surface area contributed by atoms with Crippen LogP contribution in [0.3, 0.4) is 0 Å². The Morgan fingerprint density at radius 1 is 1.37 bits per heavy atom. The van der Waals surface area contributed by atoms with Crippen molar-refractivity contribution in [3.8, 4) is 0 Å². The van der Waals surface area contributed by atoms with Gasteiger partial charge in [0.15, 0.2) is 0 Å². The average molecular weight is 261 g/mol. The topological polar surface area (TPSA) is 65.5 Å². The summed E-state index contributed by atoms with van der Waals surface area (Å²) in [6, 6.07) is 2.45. The predicted octanol–water partition coefficient (Wildman–Crippen LogP) is 1.82. The van der Waals surface area contributed by atoms with Crippen LogP contribution in [0.5, 0.6) is 0 Å². The molecule has 5 nitrogen and oxygen atoms in total. The molecule has 0 amide bonds. The van der Waals surface area contributed by atoms with E-state index < -0.39 is 5.97 Å². The second kappa shape index (κ2) is 5.17. The summed E-state index contributed by atoms with van der Waals surface area (Å²) in [4.78, 5) is 17.8. The van der Waals surface area contributed by atoms with E-state index in [1.807, 2.05) is 0 Å². The van der Waals surface area contributed by atoms with E-state index in [4.69, 9.17) is 0 Å². The highest BCUT2D eigenvalue weighted by Crippen LogP contribution is 2.29. The Labute approximate surface area is 112 Å². The van der Waals surface area contributed by atoms with Crippen molar-refractivity contribution in [2.24, 2.45) is 0 Å². The fourth-order valence-electron chi connectivity index (χ4n) is 3.31. The van der Waals surface area contributed by atoms with Crippen molar-refractivity contribution in [3.63, 3.8) is 0 Å². The van der Waals surface area contributed by atoms with Gasteiger partial charge >= 0.3 is 5.97 Å². The number of hydrogen-bond acceptors (Lipinski definition) is 4. The molecular weight excluding hydrogens is 242 g/mol. The maximum Gasteiger partial charge on any atom is 0.337 e. The minimum absolute atomic E-state index is 0.309. The van der Waals surface area contributed by atoms with Crippen LogP contribution in [0.2, 0.25) is 0 Å². The van der Waals surface area contributed by atoms with Crippen LogP contribution < -0.4 is 5.32 Å². The Bertz CT molecular complexity index is 478. The largest absolute Gasteiger partial charge is 0.478 e. The van der Waals surface area contributed by atoms with Crippen molar-refractivity contribution < 1.29 is 9.90 Å². The average Bonchev–Trinajstić information content (AvgIpc) is 2.83. The number of fused-ring (bicyclic) bond motifs is 1. The van der Waals surface area contributed by atoms with Gasteiger partial charge in [0.05, 0.1) is 17.4 Å². The second-order valence-corrected chi connectivity index (χ2v) is 5.37. The van der Waals surface area contributed by atoms with Crippen LogP contribution in [0, 0.1) is 0 Å². The number of aromatic carboxylic acids is 1. The van der Waals surface area contributed by atoms with Crippen molar-refractivity contribution in [2.75, 3.05) is 18.4 Å². The number of rotatable bonds is 3. The lowest BCUT2D eigenvalue weighted by atomic mass is 9.98. The first-order valence-electron chi connectivity index (χ1n) is 6.93. The number of nitrogens with one attached hydrogen (secondary N) is 1. The minimum Gasteiger partial charge on any atom is -0.478 e. The number of anilines is 1. The summed E-state index contributed by atoms with van der Waals surface area (Å²) in [7, 11) is 0. The highest BCUT2D eigenvalue weighted by Gasteiger charge is 2.35. The summed E-state index contributed by atoms with van der Waals surface area (Å²) in [5, 5.41) is 12.6. The second-order valence-electron chi connectivity index (χ2n) is 5.37. The molecule has 0 saturated carbocycles. The molecule has 0 bridgehead atoms. The van der Waals surface area contributed by atoms with Crippen molar-refractivity contribution in [1.82, 2.24) is 9.88 Å². The lowest BCUT2D eigenvalue weighted by molar-refractivity contribution is 0.0697. The van der Waals surface area contributed by atoms with E-state index in [0.29, 0.717) is 23.3 Å². The minimum atomic E-state index is -0.900. The molecule has 3 rings (SSSR count). The summed E-state index contributed by atoms with van der Waals surface area (Å²) < 4.78 is 0. The number of piperidine rings is 1. The molecule has 0 aliphatic carbocycles. The molecule has 1 aromatic rings. The van der Waals surface area contributed by atoms with Gasteiger partial charge in [0, 0.05) is 24.8 Å². The third-order valence-electron chi connectivity index (χ3n) is 4.25. The molecule has 2 fully saturated rings. The monoisotopic (exact) mass is 261 g/mol. The Balaban J connectivity index is 1.76. The molecular formula is C14H19N3O2. The highest BCUT2D eigenvalue weighted by atomic mass is 16.4. The fraction of sp³-hybridized carbons (Fsp3) is 0.571. The number of hydrogen-bond donors (Lipinski definition) is 2. The molecule has 19 heavy (non-hydrogen) atoms. The normalized spacial score (nSPS) is 26.9. The van der Waals surface area contributed by atoms with Gasteiger partial charge in [-0.2, -0.15) is 0 Å². The van der Waals surface area contributed by atoms with Crippen LogP contribution in [0.25, 0.3) is 0 Å². The number of carboxylic acids is 1. The Morgan fingerprint density at radius 3 is 3.11 bits per heavy atom. The fourth-order valence-corrected chi connectivity index (χ4v) is 3.31. The first-order valence-corrected chi connectivity index (χ1v) is 6.93. The summed E-state index contributed by atoms with van der Waals surface area (Å²) >= 11 is 0. The van der Waals surface area contributed by atoms with Gasteiger partial charge < -0.3 is 10.4 Å². The summed E-state index contributed by atoms with van der Waals surface area (Å²) in [5.74, 6) is -0.900. The highest BCUT2D eigenvalue weighted by molar-refractivity contribution is 5.93. The molecule has 0 radical (unpaired) electrons. The molecule has 0 spiro atoms. The first-order chi connectivity index (χ1) is 9.25. The lowest BCUT2D eigenvalue weighted by Crippen LogP contribution is -2.41. The predicted molar refractivity (Wildman–Crippen MR) is 72.4 cm³/mol. The molecule has 2 aliphatic rings. The molecule has 2 aliphatic heterocycles. The van der Waals surface area contributed by atoms with E-state index in [1.54, 1.807) is 12.3 Å². The Kier molecular flexibility index (Phi) is 3.38. The molecule has 2 saturated heterocycles. The van der Waals surface area contributed by atoms with Gasteiger partial charge in [-0.15, -0.1) is 0 Å². The Morgan fingerprint density at radius 2 is 2.26 bits per heavy atom. The molecule has 2 N–H and O–H groups in total. The molecule has 5 heteroatoms. The quantitative estimate of drug-likeness (QED) is 0.869. The number of pyridine rings is 1. The zero-order valence-corrected chi connectivity index (χ0v) is 10.9. The number of carboxylic acid groups (broad SMARTS) is 1. The van der Waals surface area contributed by atoms with Gasteiger partial charge in [0.1, 0.15) is 0 Å². The van der Waals surface area contributed by atoms with E-state index >= 15 is 0 Å². The van der Waals surface area contributed by atoms with Crippen LogP contribution in [0.1, 0.15) is 36.0 Å². The number of nitrogens with zero attached hydrogens (tertiary/aromatic N) is 2. The standard InChI is InChI=1S/C14H19N3O2/c18-14(19)10-4-6-15-9-12(10)16-11-5-8-17-7-2-1-3-13(11)17/h4,6,9,11,13,16H,1-3,5,7-8H2,(H,18,19). The number of carbonyl (C=O) groups is 1. The van der Waals surface area contributed by atoms with Crippen LogP contribution in [0.15, 0.2) is 18.5 Å². The van der Waals surface area contributed by atoms with Crippen LogP contribution in [0.4, 0.5) is 5.69 Å². The SMILES string of the molecule is O=C(O)c1ccncc1NC1CCN2CCCCC12. The molecule has 2 unspecified atom stereocenters. The maximum atomic E-state index is 11.2. The zero-order valence-electron chi connectivity index (χ0n) is 10.9. The molecule has 2 atom stereocenters. The zero-order chi connectivity index (χ0) is 13.2. The molecule has 0 aromatic carbocycles.